The van der Waals surface area contributed by atoms with Gasteiger partial charge in [0.15, 0.2) is 17.3 Å². The number of aromatic hydroxyl groups is 3. The third-order valence-electron chi connectivity index (χ3n) is 7.98. The minimum absolute atomic E-state index is 0.0505. The summed E-state index contributed by atoms with van der Waals surface area (Å²) in [6.07, 6.45) is 3.67. The van der Waals surface area contributed by atoms with E-state index in [0.717, 1.165) is 5.56 Å². The third-order valence-corrected chi connectivity index (χ3v) is 7.98. The maximum Gasteiger partial charge on any atom is 0.323 e. The van der Waals surface area contributed by atoms with Crippen LogP contribution in [0.2, 0.25) is 0 Å². The van der Waals surface area contributed by atoms with Gasteiger partial charge >= 0.3 is 5.97 Å². The van der Waals surface area contributed by atoms with Gasteiger partial charge in [0, 0.05) is 30.9 Å². The highest BCUT2D eigenvalue weighted by atomic mass is 16.5. The minimum Gasteiger partial charge on any atom is -0.507 e. The molecule has 0 saturated carbocycles. The molecule has 11 nitrogen and oxygen atoms in total. The van der Waals surface area contributed by atoms with Crippen LogP contribution in [-0.4, -0.2) is 67.2 Å². The average molecular weight is 636 g/mol. The molecule has 0 amide bonds. The van der Waals surface area contributed by atoms with Gasteiger partial charge in [-0.2, -0.15) is 0 Å². The molecular formula is C35H41NO10. The van der Waals surface area contributed by atoms with Crippen molar-refractivity contribution in [3.63, 3.8) is 0 Å². The van der Waals surface area contributed by atoms with Crippen LogP contribution in [0.15, 0.2) is 48.5 Å². The van der Waals surface area contributed by atoms with E-state index in [0.29, 0.717) is 40.4 Å². The number of ether oxygens (including phenoxy) is 3. The van der Waals surface area contributed by atoms with E-state index in [1.807, 2.05) is 38.1 Å². The van der Waals surface area contributed by atoms with E-state index in [4.69, 9.17) is 30.2 Å². The molecule has 246 valence electrons. The molecule has 0 fully saturated rings. The Bertz CT molecular complexity index is 1690. The number of rotatable bonds is 7. The number of Topliss-reactive ketones (excluding diaryl/α,β-unsaturated/α-hetero) is 1. The monoisotopic (exact) mass is 635 g/mol. The second-order valence-corrected chi connectivity index (χ2v) is 12.9. The van der Waals surface area contributed by atoms with Gasteiger partial charge in [0.1, 0.15) is 39.7 Å². The molecule has 2 unspecified atom stereocenters. The predicted octanol–water partition coefficient (Wildman–Crippen LogP) is 4.53. The smallest absolute Gasteiger partial charge is 0.323 e. The van der Waals surface area contributed by atoms with Crippen LogP contribution in [0, 0.1) is 0 Å². The summed E-state index contributed by atoms with van der Waals surface area (Å²) >= 11 is 0. The van der Waals surface area contributed by atoms with Crippen LogP contribution in [0.25, 0.3) is 6.08 Å². The number of hydrogen-bond acceptors (Lipinski definition) is 10. The molecule has 2 heterocycles. The van der Waals surface area contributed by atoms with Crippen molar-refractivity contribution in [3.8, 4) is 34.5 Å². The van der Waals surface area contributed by atoms with E-state index >= 15 is 0 Å². The summed E-state index contributed by atoms with van der Waals surface area (Å²) < 4.78 is 17.4. The van der Waals surface area contributed by atoms with Crippen LogP contribution < -0.4 is 19.9 Å². The van der Waals surface area contributed by atoms with E-state index in [1.165, 1.54) is 31.2 Å². The van der Waals surface area contributed by atoms with E-state index in [2.05, 4.69) is 0 Å². The molecule has 5 rings (SSSR count). The fraction of sp³-hybridized carbons (Fsp3) is 0.371. The number of aliphatic hydroxyl groups is 1. The number of fused-ring (bicyclic) bond motifs is 2. The van der Waals surface area contributed by atoms with Gasteiger partial charge < -0.3 is 45.5 Å². The maximum atomic E-state index is 13.1. The summed E-state index contributed by atoms with van der Waals surface area (Å²) in [5, 5.41) is 47.9. The summed E-state index contributed by atoms with van der Waals surface area (Å²) in [4.78, 5) is 23.8. The van der Waals surface area contributed by atoms with Gasteiger partial charge in [0.25, 0.3) is 0 Å². The van der Waals surface area contributed by atoms with Crippen molar-refractivity contribution in [2.75, 3.05) is 7.11 Å². The molecule has 0 aromatic heterocycles. The number of carbonyl (C=O) groups excluding carboxylic acids is 1. The van der Waals surface area contributed by atoms with E-state index in [-0.39, 0.29) is 41.4 Å². The van der Waals surface area contributed by atoms with Crippen molar-refractivity contribution in [3.05, 3.63) is 76.4 Å². The number of carboxylic acid groups (broad SMARTS) is 1. The zero-order chi connectivity index (χ0) is 34.2. The lowest BCUT2D eigenvalue weighted by atomic mass is 9.89. The van der Waals surface area contributed by atoms with Crippen LogP contribution in [0.3, 0.4) is 0 Å². The first-order valence-electron chi connectivity index (χ1n) is 14.7. The first kappa shape index (κ1) is 34.1. The molecule has 0 spiro atoms. The molecule has 11 heteroatoms. The van der Waals surface area contributed by atoms with Crippen LogP contribution in [-0.2, 0) is 24.1 Å². The number of aliphatic hydroxyl groups excluding tert-OH is 1. The second-order valence-electron chi connectivity index (χ2n) is 12.9. The highest BCUT2D eigenvalue weighted by Gasteiger charge is 2.36. The fourth-order valence-corrected chi connectivity index (χ4v) is 5.20. The number of carboxylic acids is 1. The molecule has 3 aromatic carbocycles. The molecule has 0 saturated heterocycles. The lowest BCUT2D eigenvalue weighted by Crippen LogP contribution is -2.46. The van der Waals surface area contributed by atoms with E-state index < -0.39 is 28.8 Å². The standard InChI is InChI=1S/C25H28O6.C10H13NO4/c1-24(2)9-8-16-20(30-24)7-6-14(23(16)29-5)11-18(26)17-10-15-12-22(28)25(3,4)31-21(15)13-19(17)27;1-10(11,9(14)15)5-6-2-3-7(12)8(13)4-6/h6-10,13,22,27-28H,11-12H2,1-5H3;2-4,12-13H,5,11H2,1H3,(H,14,15). The van der Waals surface area contributed by atoms with Crippen LogP contribution in [0.4, 0.5) is 0 Å². The normalized spacial score (nSPS) is 18.3. The lowest BCUT2D eigenvalue weighted by molar-refractivity contribution is -0.142. The Balaban J connectivity index is 0.000000270. The van der Waals surface area contributed by atoms with Gasteiger partial charge in [-0.25, -0.2) is 0 Å². The Hall–Kier alpha value is -4.74. The fourth-order valence-electron chi connectivity index (χ4n) is 5.20. The molecule has 0 radical (unpaired) electrons. The Morgan fingerprint density at radius 2 is 1.67 bits per heavy atom. The highest BCUT2D eigenvalue weighted by molar-refractivity contribution is 6.01. The maximum absolute atomic E-state index is 13.1. The number of phenols is 3. The first-order chi connectivity index (χ1) is 21.3. The quantitative estimate of drug-likeness (QED) is 0.158. The summed E-state index contributed by atoms with van der Waals surface area (Å²) in [7, 11) is 1.56. The molecule has 0 bridgehead atoms. The van der Waals surface area contributed by atoms with Crippen molar-refractivity contribution in [2.45, 2.75) is 76.7 Å². The molecular weight excluding hydrogens is 594 g/mol. The number of ketones is 1. The summed E-state index contributed by atoms with van der Waals surface area (Å²) in [5.74, 6) is -0.268. The van der Waals surface area contributed by atoms with Gasteiger partial charge in [-0.15, -0.1) is 0 Å². The van der Waals surface area contributed by atoms with Crippen LogP contribution in [0.5, 0.6) is 34.5 Å². The van der Waals surface area contributed by atoms with Crippen molar-refractivity contribution in [1.82, 2.24) is 0 Å². The number of nitrogens with two attached hydrogens (primary N) is 1. The number of carbonyl (C=O) groups is 2. The number of hydrogen-bond donors (Lipinski definition) is 6. The average Bonchev–Trinajstić information content (AvgIpc) is 2.95. The van der Waals surface area contributed by atoms with Crippen molar-refractivity contribution in [1.29, 1.82) is 0 Å². The Labute approximate surface area is 267 Å². The number of phenolic OH excluding ortho intramolecular Hbond substituents is 3. The second kappa shape index (κ2) is 12.6. The van der Waals surface area contributed by atoms with Crippen LogP contribution in [0.1, 0.15) is 67.2 Å². The van der Waals surface area contributed by atoms with Gasteiger partial charge in [-0.05, 0) is 82.2 Å². The van der Waals surface area contributed by atoms with E-state index in [9.17, 15) is 24.9 Å². The van der Waals surface area contributed by atoms with E-state index in [1.54, 1.807) is 27.0 Å². The van der Waals surface area contributed by atoms with Gasteiger partial charge in [-0.1, -0.05) is 12.1 Å². The highest BCUT2D eigenvalue weighted by Crippen LogP contribution is 2.41. The molecule has 2 aliphatic rings. The molecule has 2 aliphatic heterocycles. The van der Waals surface area contributed by atoms with Crippen LogP contribution >= 0.6 is 0 Å². The Morgan fingerprint density at radius 3 is 2.30 bits per heavy atom. The molecule has 2 atom stereocenters. The SMILES string of the molecule is CC(N)(Cc1ccc(O)c(O)c1)C(=O)O.COc1c(CC(=O)c2cc3c(cc2O)OC(C)(C)C(O)C3)ccc2c1C=CC(C)(C)O2. The zero-order valence-corrected chi connectivity index (χ0v) is 26.7. The summed E-state index contributed by atoms with van der Waals surface area (Å²) in [6.45, 7) is 8.91. The molecule has 0 aliphatic carbocycles. The molecule has 46 heavy (non-hydrogen) atoms. The lowest BCUT2D eigenvalue weighted by Gasteiger charge is -2.37. The predicted molar refractivity (Wildman–Crippen MR) is 171 cm³/mol. The number of methoxy groups -OCH3 is 1. The summed E-state index contributed by atoms with van der Waals surface area (Å²) in [6, 6.07) is 10.8. The Morgan fingerprint density at radius 1 is 0.978 bits per heavy atom. The largest absolute Gasteiger partial charge is 0.507 e. The Kier molecular flexibility index (Phi) is 9.33. The summed E-state index contributed by atoms with van der Waals surface area (Å²) in [5.41, 5.74) is 5.92. The topological polar surface area (TPSA) is 189 Å². The van der Waals surface area contributed by atoms with Gasteiger partial charge in [0.2, 0.25) is 0 Å². The third kappa shape index (κ3) is 7.38. The minimum atomic E-state index is -1.39. The van der Waals surface area contributed by atoms with Crippen molar-refractivity contribution < 1.29 is 49.3 Å². The van der Waals surface area contributed by atoms with Crippen molar-refractivity contribution in [2.24, 2.45) is 5.73 Å². The van der Waals surface area contributed by atoms with Crippen molar-refractivity contribution >= 4 is 17.8 Å². The zero-order valence-electron chi connectivity index (χ0n) is 26.7. The molecule has 7 N–H and O–H groups in total. The first-order valence-corrected chi connectivity index (χ1v) is 14.7. The number of benzene rings is 3. The van der Waals surface area contributed by atoms with Gasteiger partial charge in [0.05, 0.1) is 24.3 Å². The number of aliphatic carboxylic acids is 1. The van der Waals surface area contributed by atoms with Gasteiger partial charge in [-0.3, -0.25) is 9.59 Å². The molecule has 3 aromatic rings.